The van der Waals surface area contributed by atoms with Crippen LogP contribution in [0.5, 0.6) is 0 Å². The van der Waals surface area contributed by atoms with Crippen molar-refractivity contribution in [1.29, 1.82) is 0 Å². The van der Waals surface area contributed by atoms with Crippen LogP contribution in [0, 0.1) is 5.82 Å². The highest BCUT2D eigenvalue weighted by Crippen LogP contribution is 2.19. The lowest BCUT2D eigenvalue weighted by atomic mass is 10.1. The van der Waals surface area contributed by atoms with E-state index in [0.717, 1.165) is 67.7 Å². The minimum Gasteiger partial charge on any atom is -0.369 e. The quantitative estimate of drug-likeness (QED) is 0.315. The topological polar surface area (TPSA) is 54.3 Å². The molecule has 33 heavy (non-hydrogen) atoms. The van der Waals surface area contributed by atoms with Gasteiger partial charge in [-0.25, -0.2) is 9.37 Å². The second-order valence-electron chi connectivity index (χ2n) is 8.29. The first-order chi connectivity index (χ1) is 15.7. The summed E-state index contributed by atoms with van der Waals surface area (Å²) in [5.41, 5.74) is 2.62. The number of piperazine rings is 1. The number of para-hydroxylation sites is 1. The molecule has 1 aliphatic heterocycles. The highest BCUT2D eigenvalue weighted by atomic mass is 35.5. The number of nitrogens with zero attached hydrogens (tertiary/aromatic N) is 5. The number of aromatic nitrogens is 3. The van der Waals surface area contributed by atoms with Gasteiger partial charge in [-0.15, -0.1) is 12.4 Å². The third kappa shape index (κ3) is 4.99. The number of benzene rings is 2. The summed E-state index contributed by atoms with van der Waals surface area (Å²) in [6, 6.07) is 14.5. The van der Waals surface area contributed by atoms with Gasteiger partial charge in [0, 0.05) is 50.0 Å². The van der Waals surface area contributed by atoms with Crippen LogP contribution in [0.3, 0.4) is 0 Å². The van der Waals surface area contributed by atoms with Crippen LogP contribution in [0.1, 0.15) is 12.8 Å². The molecule has 2 aromatic heterocycles. The Morgan fingerprint density at radius 3 is 2.36 bits per heavy atom. The van der Waals surface area contributed by atoms with Gasteiger partial charge in [0.25, 0.3) is 5.56 Å². The average Bonchev–Trinajstić information content (AvgIpc) is 2.84. The number of aryl methyl sites for hydroxylation is 1. The maximum absolute atomic E-state index is 13.1. The molecule has 1 saturated heterocycles. The third-order valence-corrected chi connectivity index (χ3v) is 6.25. The van der Waals surface area contributed by atoms with E-state index in [9.17, 15) is 9.18 Å². The monoisotopic (exact) mass is 467 g/mol. The Bertz CT molecular complexity index is 1290. The van der Waals surface area contributed by atoms with Crippen LogP contribution in [0.25, 0.3) is 21.8 Å². The molecule has 0 radical (unpaired) electrons. The first-order valence-electron chi connectivity index (χ1n) is 11.1. The van der Waals surface area contributed by atoms with Gasteiger partial charge in [-0.1, -0.05) is 18.2 Å². The van der Waals surface area contributed by atoms with Crippen molar-refractivity contribution >= 4 is 39.9 Å². The lowest BCUT2D eigenvalue weighted by Gasteiger charge is -2.36. The lowest BCUT2D eigenvalue weighted by molar-refractivity contribution is 0.251. The van der Waals surface area contributed by atoms with Crippen molar-refractivity contribution in [3.63, 3.8) is 0 Å². The summed E-state index contributed by atoms with van der Waals surface area (Å²) >= 11 is 0. The Morgan fingerprint density at radius 2 is 1.58 bits per heavy atom. The summed E-state index contributed by atoms with van der Waals surface area (Å²) < 4.78 is 14.8. The molecule has 8 heteroatoms. The number of pyridine rings is 1. The van der Waals surface area contributed by atoms with Crippen molar-refractivity contribution in [2.45, 2.75) is 19.4 Å². The lowest BCUT2D eigenvalue weighted by Crippen LogP contribution is -2.46. The standard InChI is InChI=1S/C25H26FN5O.ClH/c26-19-7-9-20(10-8-19)30-15-13-29(14-16-30)11-3-4-12-31-18-28-24-21-5-1-2-6-23(21)27-17-22(24)25(31)32;/h1-2,5-10,17-18H,3-4,11-16H2;1H. The maximum Gasteiger partial charge on any atom is 0.262 e. The van der Waals surface area contributed by atoms with Crippen LogP contribution in [0.4, 0.5) is 10.1 Å². The number of halogens is 2. The van der Waals surface area contributed by atoms with Gasteiger partial charge in [0.2, 0.25) is 0 Å². The van der Waals surface area contributed by atoms with Crippen molar-refractivity contribution in [2.24, 2.45) is 0 Å². The van der Waals surface area contributed by atoms with Crippen LogP contribution < -0.4 is 10.5 Å². The van der Waals surface area contributed by atoms with Gasteiger partial charge in [0.05, 0.1) is 22.7 Å². The van der Waals surface area contributed by atoms with Crippen LogP contribution in [-0.2, 0) is 6.54 Å². The summed E-state index contributed by atoms with van der Waals surface area (Å²) in [4.78, 5) is 26.6. The third-order valence-electron chi connectivity index (χ3n) is 6.25. The van der Waals surface area contributed by atoms with Crippen LogP contribution in [0.15, 0.2) is 65.8 Å². The SMILES string of the molecule is Cl.O=c1c2cnc3ccccc3c2ncn1CCCCN1CCN(c2ccc(F)cc2)CC1. The van der Waals surface area contributed by atoms with E-state index in [-0.39, 0.29) is 23.8 Å². The molecule has 2 aromatic carbocycles. The second-order valence-corrected chi connectivity index (χ2v) is 8.29. The molecule has 0 aliphatic carbocycles. The van der Waals surface area contributed by atoms with E-state index < -0.39 is 0 Å². The molecule has 0 N–H and O–H groups in total. The highest BCUT2D eigenvalue weighted by molar-refractivity contribution is 6.02. The van der Waals surface area contributed by atoms with Crippen molar-refractivity contribution in [1.82, 2.24) is 19.4 Å². The molecule has 0 unspecified atom stereocenters. The molecular formula is C25H27ClFN5O. The van der Waals surface area contributed by atoms with Gasteiger partial charge in [-0.2, -0.15) is 0 Å². The zero-order valence-electron chi connectivity index (χ0n) is 18.4. The number of hydrogen-bond acceptors (Lipinski definition) is 5. The van der Waals surface area contributed by atoms with Crippen molar-refractivity contribution in [3.05, 3.63) is 77.2 Å². The smallest absolute Gasteiger partial charge is 0.262 e. The summed E-state index contributed by atoms with van der Waals surface area (Å²) in [5.74, 6) is -0.197. The van der Waals surface area contributed by atoms with Crippen molar-refractivity contribution in [2.75, 3.05) is 37.6 Å². The normalized spacial score (nSPS) is 14.5. The number of rotatable bonds is 6. The van der Waals surface area contributed by atoms with Crippen LogP contribution in [-0.4, -0.2) is 52.2 Å². The molecule has 4 aromatic rings. The largest absolute Gasteiger partial charge is 0.369 e. The predicted molar refractivity (Wildman–Crippen MR) is 133 cm³/mol. The molecule has 3 heterocycles. The van der Waals surface area contributed by atoms with Gasteiger partial charge in [-0.05, 0) is 49.7 Å². The minimum atomic E-state index is -0.197. The molecule has 172 valence electrons. The fourth-order valence-corrected chi connectivity index (χ4v) is 4.42. The fourth-order valence-electron chi connectivity index (χ4n) is 4.42. The number of anilines is 1. The van der Waals surface area contributed by atoms with Crippen LogP contribution in [0.2, 0.25) is 0 Å². The molecule has 5 rings (SSSR count). The molecule has 0 spiro atoms. The van der Waals surface area contributed by atoms with Gasteiger partial charge < -0.3 is 4.90 Å². The maximum atomic E-state index is 13.1. The van der Waals surface area contributed by atoms with E-state index in [0.29, 0.717) is 11.9 Å². The van der Waals surface area contributed by atoms with Gasteiger partial charge >= 0.3 is 0 Å². The number of hydrogen-bond donors (Lipinski definition) is 0. The Labute approximate surface area is 198 Å². The Kier molecular flexibility index (Phi) is 7.20. The fraction of sp³-hybridized carbons (Fsp3) is 0.320. The molecular weight excluding hydrogens is 441 g/mol. The molecule has 0 saturated carbocycles. The Balaban J connectivity index is 0.00000259. The zero-order valence-corrected chi connectivity index (χ0v) is 19.2. The summed E-state index contributed by atoms with van der Waals surface area (Å²) in [5, 5.41) is 1.48. The zero-order chi connectivity index (χ0) is 21.9. The first kappa shape index (κ1) is 23.1. The summed E-state index contributed by atoms with van der Waals surface area (Å²) in [6.07, 6.45) is 5.26. The van der Waals surface area contributed by atoms with E-state index >= 15 is 0 Å². The minimum absolute atomic E-state index is 0. The number of unbranched alkanes of at least 4 members (excludes halogenated alkanes) is 1. The second kappa shape index (κ2) is 10.3. The van der Waals surface area contributed by atoms with Gasteiger partial charge in [0.15, 0.2) is 0 Å². The van der Waals surface area contributed by atoms with Crippen molar-refractivity contribution < 1.29 is 4.39 Å². The molecule has 6 nitrogen and oxygen atoms in total. The molecule has 1 fully saturated rings. The molecule has 0 atom stereocenters. The molecule has 0 bridgehead atoms. The predicted octanol–water partition coefficient (Wildman–Crippen LogP) is 4.11. The molecule has 0 amide bonds. The van der Waals surface area contributed by atoms with E-state index in [2.05, 4.69) is 19.8 Å². The average molecular weight is 468 g/mol. The van der Waals surface area contributed by atoms with E-state index in [1.165, 1.54) is 12.1 Å². The van der Waals surface area contributed by atoms with E-state index in [1.54, 1.807) is 17.1 Å². The summed E-state index contributed by atoms with van der Waals surface area (Å²) in [7, 11) is 0. The van der Waals surface area contributed by atoms with Gasteiger partial charge in [0.1, 0.15) is 5.82 Å². The highest BCUT2D eigenvalue weighted by Gasteiger charge is 2.17. The molecule has 1 aliphatic rings. The Morgan fingerprint density at radius 1 is 0.848 bits per heavy atom. The van der Waals surface area contributed by atoms with Gasteiger partial charge in [-0.3, -0.25) is 19.2 Å². The number of fused-ring (bicyclic) bond motifs is 3. The van der Waals surface area contributed by atoms with E-state index in [1.807, 2.05) is 36.4 Å². The van der Waals surface area contributed by atoms with Crippen molar-refractivity contribution in [3.8, 4) is 0 Å². The first-order valence-corrected chi connectivity index (χ1v) is 11.1. The Hall–Kier alpha value is -3.03. The van der Waals surface area contributed by atoms with Crippen LogP contribution >= 0.6 is 12.4 Å². The van der Waals surface area contributed by atoms with E-state index in [4.69, 9.17) is 0 Å². The summed E-state index contributed by atoms with van der Waals surface area (Å²) in [6.45, 7) is 5.55.